The number of anilines is 1. The third-order valence-electron chi connectivity index (χ3n) is 2.93. The summed E-state index contributed by atoms with van der Waals surface area (Å²) in [6.45, 7) is 1.95. The zero-order chi connectivity index (χ0) is 16.3. The number of rotatable bonds is 5. The number of nitro benzene ring substituents is 1. The number of hydrogen-bond donors (Lipinski definition) is 1. The van der Waals surface area contributed by atoms with Crippen LogP contribution in [0.4, 0.5) is 15.8 Å². The maximum atomic E-state index is 13.6. The molecule has 0 saturated carbocycles. The fourth-order valence-corrected chi connectivity index (χ4v) is 2.11. The van der Waals surface area contributed by atoms with Gasteiger partial charge in [0.25, 0.3) is 5.69 Å². The van der Waals surface area contributed by atoms with Gasteiger partial charge in [-0.15, -0.1) is 0 Å². The summed E-state index contributed by atoms with van der Waals surface area (Å²) in [6, 6.07) is 2.98. The zero-order valence-electron chi connectivity index (χ0n) is 11.5. The molecule has 2 rings (SSSR count). The lowest BCUT2D eigenvalue weighted by molar-refractivity contribution is -0.384. The van der Waals surface area contributed by atoms with Crippen molar-refractivity contribution in [3.05, 3.63) is 51.0 Å². The van der Waals surface area contributed by atoms with Gasteiger partial charge in [-0.3, -0.25) is 19.6 Å². The van der Waals surface area contributed by atoms with Crippen molar-refractivity contribution in [3.8, 4) is 0 Å². The molecule has 1 heterocycles. The van der Waals surface area contributed by atoms with E-state index in [2.05, 4.69) is 26.3 Å². The molecule has 0 saturated heterocycles. The predicted octanol–water partition coefficient (Wildman–Crippen LogP) is 2.97. The highest BCUT2D eigenvalue weighted by atomic mass is 79.9. The van der Waals surface area contributed by atoms with Crippen molar-refractivity contribution < 1.29 is 14.1 Å². The molecule has 0 aliphatic carbocycles. The van der Waals surface area contributed by atoms with Crippen LogP contribution < -0.4 is 5.32 Å². The standard InChI is InChI=1S/C13H12BrFN4O3/c1-8(6-18-7-9(14)5-16-18)13(20)17-12-4-10(19(21)22)2-3-11(12)15/h2-5,7-8H,6H2,1H3,(H,17,20)/t8-/m0/s1. The van der Waals surface area contributed by atoms with Crippen LogP contribution in [-0.2, 0) is 11.3 Å². The molecule has 0 aliphatic heterocycles. The van der Waals surface area contributed by atoms with E-state index in [4.69, 9.17) is 0 Å². The Kier molecular flexibility index (Phi) is 4.86. The van der Waals surface area contributed by atoms with E-state index >= 15 is 0 Å². The van der Waals surface area contributed by atoms with Crippen LogP contribution in [0.15, 0.2) is 35.1 Å². The molecular formula is C13H12BrFN4O3. The van der Waals surface area contributed by atoms with Crippen molar-refractivity contribution in [2.45, 2.75) is 13.5 Å². The molecule has 1 N–H and O–H groups in total. The number of halogens is 2. The number of aromatic nitrogens is 2. The first-order valence-corrected chi connectivity index (χ1v) is 7.09. The van der Waals surface area contributed by atoms with Crippen molar-refractivity contribution in [2.24, 2.45) is 5.92 Å². The number of hydrogen-bond acceptors (Lipinski definition) is 4. The number of non-ortho nitro benzene ring substituents is 1. The maximum Gasteiger partial charge on any atom is 0.271 e. The highest BCUT2D eigenvalue weighted by Gasteiger charge is 2.18. The van der Waals surface area contributed by atoms with Gasteiger partial charge in [0, 0.05) is 18.3 Å². The Morgan fingerprint density at radius 1 is 1.59 bits per heavy atom. The van der Waals surface area contributed by atoms with Crippen LogP contribution in [0, 0.1) is 21.8 Å². The number of carbonyl (C=O) groups excluding carboxylic acids is 1. The van der Waals surface area contributed by atoms with Crippen LogP contribution in [0.2, 0.25) is 0 Å². The van der Waals surface area contributed by atoms with Gasteiger partial charge in [-0.1, -0.05) is 6.92 Å². The minimum atomic E-state index is -0.729. The lowest BCUT2D eigenvalue weighted by Crippen LogP contribution is -2.25. The SMILES string of the molecule is C[C@@H](Cn1cc(Br)cn1)C(=O)Nc1cc([N+](=O)[O-])ccc1F. The number of nitro groups is 1. The molecular weight excluding hydrogens is 359 g/mol. The number of nitrogens with zero attached hydrogens (tertiary/aromatic N) is 3. The van der Waals surface area contributed by atoms with E-state index in [9.17, 15) is 19.3 Å². The maximum absolute atomic E-state index is 13.6. The van der Waals surface area contributed by atoms with Crippen molar-refractivity contribution in [2.75, 3.05) is 5.32 Å². The molecule has 2 aromatic rings. The average molecular weight is 371 g/mol. The van der Waals surface area contributed by atoms with Gasteiger partial charge in [-0.25, -0.2) is 4.39 Å². The quantitative estimate of drug-likeness (QED) is 0.646. The van der Waals surface area contributed by atoms with Gasteiger partial charge in [0.2, 0.25) is 5.91 Å². The van der Waals surface area contributed by atoms with Crippen LogP contribution in [-0.4, -0.2) is 20.6 Å². The topological polar surface area (TPSA) is 90.1 Å². The van der Waals surface area contributed by atoms with E-state index in [0.29, 0.717) is 6.54 Å². The molecule has 0 spiro atoms. The average Bonchev–Trinajstić information content (AvgIpc) is 2.86. The molecule has 1 aromatic carbocycles. The van der Waals surface area contributed by atoms with Crippen LogP contribution in [0.1, 0.15) is 6.92 Å². The van der Waals surface area contributed by atoms with Crippen molar-refractivity contribution in [3.63, 3.8) is 0 Å². The number of benzene rings is 1. The molecule has 0 bridgehead atoms. The summed E-state index contributed by atoms with van der Waals surface area (Å²) in [5.74, 6) is -1.68. The Balaban J connectivity index is 2.07. The molecule has 1 amide bonds. The lowest BCUT2D eigenvalue weighted by atomic mass is 10.1. The Bertz CT molecular complexity index is 719. The normalized spacial score (nSPS) is 12.0. The first-order chi connectivity index (χ1) is 10.4. The molecule has 1 aromatic heterocycles. The van der Waals surface area contributed by atoms with Crippen LogP contribution in [0.25, 0.3) is 0 Å². The van der Waals surface area contributed by atoms with E-state index in [0.717, 1.165) is 22.7 Å². The van der Waals surface area contributed by atoms with Crippen molar-refractivity contribution in [1.29, 1.82) is 0 Å². The molecule has 0 radical (unpaired) electrons. The van der Waals surface area contributed by atoms with Gasteiger partial charge in [0.15, 0.2) is 0 Å². The third kappa shape index (κ3) is 3.88. The first kappa shape index (κ1) is 16.1. The van der Waals surface area contributed by atoms with Crippen molar-refractivity contribution >= 4 is 33.2 Å². The molecule has 0 fully saturated rings. The van der Waals surface area contributed by atoms with Crippen LogP contribution in [0.3, 0.4) is 0 Å². The lowest BCUT2D eigenvalue weighted by Gasteiger charge is -2.12. The van der Waals surface area contributed by atoms with Crippen molar-refractivity contribution in [1.82, 2.24) is 9.78 Å². The van der Waals surface area contributed by atoms with E-state index in [1.165, 1.54) is 0 Å². The summed E-state index contributed by atoms with van der Waals surface area (Å²) in [5, 5.41) is 17.1. The molecule has 7 nitrogen and oxygen atoms in total. The Morgan fingerprint density at radius 2 is 2.32 bits per heavy atom. The van der Waals surface area contributed by atoms with Gasteiger partial charge in [-0.2, -0.15) is 5.10 Å². The first-order valence-electron chi connectivity index (χ1n) is 6.29. The van der Waals surface area contributed by atoms with E-state index in [1.807, 2.05) is 0 Å². The van der Waals surface area contributed by atoms with E-state index in [1.54, 1.807) is 24.0 Å². The Labute approximate surface area is 133 Å². The fourth-order valence-electron chi connectivity index (χ4n) is 1.78. The molecule has 9 heteroatoms. The second-order valence-corrected chi connectivity index (χ2v) is 5.61. The summed E-state index contributed by atoms with van der Waals surface area (Å²) in [5.41, 5.74) is -0.506. The molecule has 0 aliphatic rings. The largest absolute Gasteiger partial charge is 0.323 e. The highest BCUT2D eigenvalue weighted by Crippen LogP contribution is 2.22. The minimum Gasteiger partial charge on any atom is -0.323 e. The fraction of sp³-hybridized carbons (Fsp3) is 0.231. The van der Waals surface area contributed by atoms with E-state index < -0.39 is 22.6 Å². The Hall–Kier alpha value is -2.29. The summed E-state index contributed by atoms with van der Waals surface area (Å²) in [6.07, 6.45) is 3.29. The van der Waals surface area contributed by atoms with E-state index in [-0.39, 0.29) is 11.4 Å². The molecule has 116 valence electrons. The predicted molar refractivity (Wildman–Crippen MR) is 80.8 cm³/mol. The minimum absolute atomic E-state index is 0.215. The third-order valence-corrected chi connectivity index (χ3v) is 3.34. The summed E-state index contributed by atoms with van der Waals surface area (Å²) in [7, 11) is 0. The molecule has 0 unspecified atom stereocenters. The number of carbonyl (C=O) groups is 1. The highest BCUT2D eigenvalue weighted by molar-refractivity contribution is 9.10. The number of nitrogens with one attached hydrogen (secondary N) is 1. The monoisotopic (exact) mass is 370 g/mol. The Morgan fingerprint density at radius 3 is 2.91 bits per heavy atom. The second kappa shape index (κ2) is 6.65. The summed E-state index contributed by atoms with van der Waals surface area (Å²) >= 11 is 3.25. The van der Waals surface area contributed by atoms with Gasteiger partial charge in [-0.05, 0) is 22.0 Å². The van der Waals surface area contributed by atoms with Gasteiger partial charge in [0.05, 0.1) is 33.7 Å². The van der Waals surface area contributed by atoms with Gasteiger partial charge < -0.3 is 5.32 Å². The van der Waals surface area contributed by atoms with Gasteiger partial charge in [0.1, 0.15) is 5.82 Å². The summed E-state index contributed by atoms with van der Waals surface area (Å²) < 4.78 is 16.0. The smallest absolute Gasteiger partial charge is 0.271 e. The van der Waals surface area contributed by atoms with Gasteiger partial charge >= 0.3 is 0 Å². The van der Waals surface area contributed by atoms with Crippen LogP contribution >= 0.6 is 15.9 Å². The summed E-state index contributed by atoms with van der Waals surface area (Å²) in [4.78, 5) is 22.1. The molecule has 22 heavy (non-hydrogen) atoms. The zero-order valence-corrected chi connectivity index (χ0v) is 13.1. The molecule has 1 atom stereocenters. The van der Waals surface area contributed by atoms with Crippen LogP contribution in [0.5, 0.6) is 0 Å². The second-order valence-electron chi connectivity index (χ2n) is 4.69. The number of amides is 1.